The number of nitrogens with zero attached hydrogens (tertiary/aromatic N) is 1. The molecule has 1 aliphatic rings. The summed E-state index contributed by atoms with van der Waals surface area (Å²) in [6.07, 6.45) is 8.13. The quantitative estimate of drug-likeness (QED) is 0.436. The smallest absolute Gasteiger partial charge is 0.269 e. The number of hydrogen-bond acceptors (Lipinski definition) is 4. The number of nitrogens with one attached hydrogen (secondary N) is 2. The van der Waals surface area contributed by atoms with Crippen LogP contribution in [0, 0.1) is 16.0 Å². The van der Waals surface area contributed by atoms with Gasteiger partial charge < -0.3 is 10.6 Å². The minimum atomic E-state index is -0.420. The Morgan fingerprint density at radius 1 is 1.13 bits per heavy atom. The molecule has 0 spiro atoms. The van der Waals surface area contributed by atoms with Crippen molar-refractivity contribution in [2.24, 2.45) is 5.92 Å². The zero-order chi connectivity index (χ0) is 16.5. The molecule has 0 aromatic heterocycles. The number of amides is 1. The molecule has 1 saturated carbocycles. The molecule has 6 heteroatoms. The Hall–Kier alpha value is -2.11. The lowest BCUT2D eigenvalue weighted by Gasteiger charge is -2.21. The Morgan fingerprint density at radius 3 is 2.48 bits per heavy atom. The Labute approximate surface area is 136 Å². The van der Waals surface area contributed by atoms with Crippen LogP contribution in [0.5, 0.6) is 0 Å². The Morgan fingerprint density at radius 2 is 1.83 bits per heavy atom. The third-order valence-electron chi connectivity index (χ3n) is 4.36. The molecule has 0 aliphatic heterocycles. The van der Waals surface area contributed by atoms with E-state index in [1.165, 1.54) is 44.2 Å². The highest BCUT2D eigenvalue weighted by Crippen LogP contribution is 2.27. The number of anilines is 1. The fourth-order valence-corrected chi connectivity index (χ4v) is 3.01. The lowest BCUT2D eigenvalue weighted by molar-refractivity contribution is -0.384. The van der Waals surface area contributed by atoms with E-state index >= 15 is 0 Å². The third kappa shape index (κ3) is 6.26. The fourth-order valence-electron chi connectivity index (χ4n) is 3.01. The summed E-state index contributed by atoms with van der Waals surface area (Å²) in [6, 6.07) is 6.27. The summed E-state index contributed by atoms with van der Waals surface area (Å²) in [5.74, 6) is 0.841. The Bertz CT molecular complexity index is 510. The first-order chi connectivity index (χ1) is 11.1. The average molecular weight is 319 g/mol. The molecule has 0 heterocycles. The predicted molar refractivity (Wildman–Crippen MR) is 90.4 cm³/mol. The van der Waals surface area contributed by atoms with E-state index in [4.69, 9.17) is 0 Å². The fraction of sp³-hybridized carbons (Fsp3) is 0.588. The number of nitro groups is 1. The van der Waals surface area contributed by atoms with Gasteiger partial charge in [0.25, 0.3) is 5.69 Å². The number of non-ortho nitro benzene ring substituents is 1. The second-order valence-corrected chi connectivity index (χ2v) is 6.12. The van der Waals surface area contributed by atoms with E-state index in [2.05, 4.69) is 10.6 Å². The largest absolute Gasteiger partial charge is 0.383 e. The van der Waals surface area contributed by atoms with Crippen molar-refractivity contribution < 1.29 is 9.72 Å². The molecule has 0 saturated heterocycles. The van der Waals surface area contributed by atoms with E-state index < -0.39 is 4.92 Å². The summed E-state index contributed by atoms with van der Waals surface area (Å²) in [5.41, 5.74) is 0.888. The summed E-state index contributed by atoms with van der Waals surface area (Å²) in [7, 11) is 0. The summed E-state index contributed by atoms with van der Waals surface area (Å²) < 4.78 is 0. The van der Waals surface area contributed by atoms with Gasteiger partial charge in [-0.25, -0.2) is 0 Å². The van der Waals surface area contributed by atoms with Crippen LogP contribution in [-0.2, 0) is 4.79 Å². The highest BCUT2D eigenvalue weighted by Gasteiger charge is 2.14. The molecule has 1 aliphatic carbocycles. The van der Waals surface area contributed by atoms with Crippen LogP contribution < -0.4 is 10.6 Å². The summed E-state index contributed by atoms with van der Waals surface area (Å²) >= 11 is 0. The second-order valence-electron chi connectivity index (χ2n) is 6.12. The van der Waals surface area contributed by atoms with Gasteiger partial charge in [-0.05, 0) is 24.5 Å². The molecule has 6 nitrogen and oxygen atoms in total. The van der Waals surface area contributed by atoms with Crippen molar-refractivity contribution in [1.29, 1.82) is 0 Å². The van der Waals surface area contributed by atoms with Crippen molar-refractivity contribution in [3.8, 4) is 0 Å². The van der Waals surface area contributed by atoms with E-state index in [1.807, 2.05) is 0 Å². The van der Waals surface area contributed by atoms with Crippen LogP contribution >= 0.6 is 0 Å². The molecule has 0 bridgehead atoms. The standard InChI is InChI=1S/C17H25N3O3/c21-17(11-6-14-4-2-1-3-5-14)19-13-12-18-15-7-9-16(10-8-15)20(22)23/h7-10,14,18H,1-6,11-13H2,(H,19,21). The minimum absolute atomic E-state index is 0.0755. The average Bonchev–Trinajstić information content (AvgIpc) is 2.58. The van der Waals surface area contributed by atoms with Gasteiger partial charge in [-0.15, -0.1) is 0 Å². The number of benzene rings is 1. The van der Waals surface area contributed by atoms with E-state index in [1.54, 1.807) is 12.1 Å². The number of carbonyl (C=O) groups excluding carboxylic acids is 1. The number of rotatable bonds is 8. The zero-order valence-corrected chi connectivity index (χ0v) is 13.4. The Kier molecular flexibility index (Phi) is 6.84. The first-order valence-electron chi connectivity index (χ1n) is 8.40. The van der Waals surface area contributed by atoms with Crippen LogP contribution in [0.2, 0.25) is 0 Å². The number of nitro benzene ring substituents is 1. The van der Waals surface area contributed by atoms with Crippen molar-refractivity contribution in [2.45, 2.75) is 44.9 Å². The molecule has 2 rings (SSSR count). The second kappa shape index (κ2) is 9.12. The first-order valence-corrected chi connectivity index (χ1v) is 8.40. The molecule has 0 atom stereocenters. The van der Waals surface area contributed by atoms with Gasteiger partial charge in [0.15, 0.2) is 0 Å². The van der Waals surface area contributed by atoms with Crippen LogP contribution in [0.25, 0.3) is 0 Å². The van der Waals surface area contributed by atoms with Crippen molar-refractivity contribution >= 4 is 17.3 Å². The van der Waals surface area contributed by atoms with E-state index in [0.29, 0.717) is 19.5 Å². The third-order valence-corrected chi connectivity index (χ3v) is 4.36. The lowest BCUT2D eigenvalue weighted by atomic mass is 9.86. The molecule has 0 unspecified atom stereocenters. The SMILES string of the molecule is O=C(CCC1CCCCC1)NCCNc1ccc([N+](=O)[O-])cc1. The van der Waals surface area contributed by atoms with Crippen molar-refractivity contribution in [2.75, 3.05) is 18.4 Å². The topological polar surface area (TPSA) is 84.3 Å². The molecule has 126 valence electrons. The molecule has 1 aromatic rings. The molecule has 1 amide bonds. The summed E-state index contributed by atoms with van der Waals surface area (Å²) in [4.78, 5) is 21.9. The maximum absolute atomic E-state index is 11.8. The van der Waals surface area contributed by atoms with Gasteiger partial charge in [0, 0.05) is 37.3 Å². The first kappa shape index (κ1) is 17.2. The van der Waals surface area contributed by atoms with Crippen LogP contribution in [0.3, 0.4) is 0 Å². The maximum Gasteiger partial charge on any atom is 0.269 e. The monoisotopic (exact) mass is 319 g/mol. The molecule has 23 heavy (non-hydrogen) atoms. The van der Waals surface area contributed by atoms with Crippen molar-refractivity contribution in [3.05, 3.63) is 34.4 Å². The predicted octanol–water partition coefficient (Wildman–Crippen LogP) is 3.48. The summed E-state index contributed by atoms with van der Waals surface area (Å²) in [6.45, 7) is 1.16. The lowest BCUT2D eigenvalue weighted by Crippen LogP contribution is -2.29. The number of hydrogen-bond donors (Lipinski definition) is 2. The van der Waals surface area contributed by atoms with Crippen LogP contribution in [0.4, 0.5) is 11.4 Å². The Balaban J connectivity index is 1.57. The van der Waals surface area contributed by atoms with Crippen molar-refractivity contribution in [3.63, 3.8) is 0 Å². The highest BCUT2D eigenvalue weighted by molar-refractivity contribution is 5.75. The van der Waals surface area contributed by atoms with Gasteiger partial charge in [-0.3, -0.25) is 14.9 Å². The van der Waals surface area contributed by atoms with Gasteiger partial charge in [0.2, 0.25) is 5.91 Å². The van der Waals surface area contributed by atoms with E-state index in [9.17, 15) is 14.9 Å². The normalized spacial score (nSPS) is 15.1. The minimum Gasteiger partial charge on any atom is -0.383 e. The van der Waals surface area contributed by atoms with E-state index in [-0.39, 0.29) is 11.6 Å². The zero-order valence-electron chi connectivity index (χ0n) is 13.4. The van der Waals surface area contributed by atoms with Crippen LogP contribution in [0.1, 0.15) is 44.9 Å². The number of carbonyl (C=O) groups is 1. The van der Waals surface area contributed by atoms with Crippen molar-refractivity contribution in [1.82, 2.24) is 5.32 Å². The van der Waals surface area contributed by atoms with Crippen LogP contribution in [0.15, 0.2) is 24.3 Å². The van der Waals surface area contributed by atoms with E-state index in [0.717, 1.165) is 18.0 Å². The molecular weight excluding hydrogens is 294 g/mol. The molecule has 0 radical (unpaired) electrons. The highest BCUT2D eigenvalue weighted by atomic mass is 16.6. The molecular formula is C17H25N3O3. The van der Waals surface area contributed by atoms with Gasteiger partial charge in [0.05, 0.1) is 4.92 Å². The summed E-state index contributed by atoms with van der Waals surface area (Å²) in [5, 5.41) is 16.6. The maximum atomic E-state index is 11.8. The molecule has 1 aromatic carbocycles. The molecule has 2 N–H and O–H groups in total. The van der Waals surface area contributed by atoms with Gasteiger partial charge in [-0.1, -0.05) is 32.1 Å². The van der Waals surface area contributed by atoms with Crippen LogP contribution in [-0.4, -0.2) is 23.9 Å². The van der Waals surface area contributed by atoms with Gasteiger partial charge in [-0.2, -0.15) is 0 Å². The van der Waals surface area contributed by atoms with Gasteiger partial charge >= 0.3 is 0 Å². The van der Waals surface area contributed by atoms with Gasteiger partial charge in [0.1, 0.15) is 0 Å². The molecule has 1 fully saturated rings.